The Kier molecular flexibility index (Phi) is 4.38. The normalized spacial score (nSPS) is 11.4. The van der Waals surface area contributed by atoms with E-state index in [1.807, 2.05) is 0 Å². The highest BCUT2D eigenvalue weighted by Gasteiger charge is 2.08. The molecule has 0 aliphatic carbocycles. The maximum Gasteiger partial charge on any atom is -0.0216 e. The summed E-state index contributed by atoms with van der Waals surface area (Å²) in [6.07, 6.45) is 2.45. The van der Waals surface area contributed by atoms with Gasteiger partial charge in [-0.15, -0.1) is 0 Å². The maximum absolute atomic E-state index is 2.41. The second kappa shape index (κ2) is 5.34. The first-order valence-electron chi connectivity index (χ1n) is 6.19. The number of hydrogen-bond donors (Lipinski definition) is 0. The Hall–Kier alpha value is -0.780. The van der Waals surface area contributed by atoms with E-state index in [0.717, 1.165) is 0 Å². The second-order valence-corrected chi connectivity index (χ2v) is 5.02. The summed E-state index contributed by atoms with van der Waals surface area (Å²) in [5.74, 6) is 1.29. The van der Waals surface area contributed by atoms with Crippen molar-refractivity contribution in [1.82, 2.24) is 0 Å². The molecule has 84 valence electrons. The largest absolute Gasteiger partial charge is 0.0651 e. The van der Waals surface area contributed by atoms with Crippen molar-refractivity contribution in [3.05, 3.63) is 34.9 Å². The Morgan fingerprint density at radius 3 is 2.13 bits per heavy atom. The molecule has 0 saturated heterocycles. The average molecular weight is 204 g/mol. The molecule has 1 aromatic carbocycles. The van der Waals surface area contributed by atoms with Gasteiger partial charge in [0.05, 0.1) is 0 Å². The van der Waals surface area contributed by atoms with Crippen molar-refractivity contribution in [2.24, 2.45) is 0 Å². The Morgan fingerprint density at radius 1 is 1.00 bits per heavy atom. The van der Waals surface area contributed by atoms with Gasteiger partial charge in [-0.25, -0.2) is 0 Å². The van der Waals surface area contributed by atoms with Gasteiger partial charge >= 0.3 is 0 Å². The molecule has 0 amide bonds. The monoisotopic (exact) mass is 204 g/mol. The molecule has 0 atom stereocenters. The van der Waals surface area contributed by atoms with E-state index in [4.69, 9.17) is 0 Å². The van der Waals surface area contributed by atoms with Crippen LogP contribution >= 0.6 is 0 Å². The molecule has 0 aromatic heterocycles. The molecule has 0 N–H and O–H groups in total. The van der Waals surface area contributed by atoms with E-state index < -0.39 is 0 Å². The zero-order chi connectivity index (χ0) is 11.4. The smallest absolute Gasteiger partial charge is 0.0216 e. The van der Waals surface area contributed by atoms with E-state index in [0.29, 0.717) is 11.8 Å². The van der Waals surface area contributed by atoms with Gasteiger partial charge in [-0.1, -0.05) is 59.2 Å². The lowest BCUT2D eigenvalue weighted by Crippen LogP contribution is -1.99. The van der Waals surface area contributed by atoms with Gasteiger partial charge in [0.25, 0.3) is 0 Å². The van der Waals surface area contributed by atoms with Gasteiger partial charge in [0, 0.05) is 0 Å². The summed E-state index contributed by atoms with van der Waals surface area (Å²) >= 11 is 0. The van der Waals surface area contributed by atoms with Crippen molar-refractivity contribution < 1.29 is 0 Å². The van der Waals surface area contributed by atoms with E-state index in [-0.39, 0.29) is 0 Å². The topological polar surface area (TPSA) is 0 Å². The molecule has 1 aromatic rings. The molecule has 0 fully saturated rings. The summed E-state index contributed by atoms with van der Waals surface area (Å²) in [6.45, 7) is 11.3. The van der Waals surface area contributed by atoms with E-state index >= 15 is 0 Å². The minimum atomic E-state index is 0.641. The van der Waals surface area contributed by atoms with Crippen LogP contribution in [0.25, 0.3) is 0 Å². The van der Waals surface area contributed by atoms with Gasteiger partial charge in [-0.2, -0.15) is 0 Å². The van der Waals surface area contributed by atoms with Crippen LogP contribution < -0.4 is 0 Å². The number of benzene rings is 1. The molecule has 0 spiro atoms. The third-order valence-electron chi connectivity index (χ3n) is 2.98. The fraction of sp³-hybridized carbons (Fsp3) is 0.600. The maximum atomic E-state index is 2.41. The van der Waals surface area contributed by atoms with Gasteiger partial charge in [0.1, 0.15) is 0 Å². The third-order valence-corrected chi connectivity index (χ3v) is 2.98. The van der Waals surface area contributed by atoms with Gasteiger partial charge < -0.3 is 0 Å². The quantitative estimate of drug-likeness (QED) is 0.655. The summed E-state index contributed by atoms with van der Waals surface area (Å²) in [5.41, 5.74) is 4.56. The Balaban J connectivity index is 3.08. The Bertz CT molecular complexity index is 308. The molecule has 0 saturated carbocycles. The zero-order valence-electron chi connectivity index (χ0n) is 10.8. The van der Waals surface area contributed by atoms with Crippen LogP contribution in [0.15, 0.2) is 18.2 Å². The summed E-state index contributed by atoms with van der Waals surface area (Å²) < 4.78 is 0. The predicted molar refractivity (Wildman–Crippen MR) is 68.6 cm³/mol. The van der Waals surface area contributed by atoms with E-state index in [2.05, 4.69) is 52.8 Å². The third kappa shape index (κ3) is 3.09. The second-order valence-electron chi connectivity index (χ2n) is 5.02. The Morgan fingerprint density at radius 2 is 1.67 bits per heavy atom. The van der Waals surface area contributed by atoms with Crippen LogP contribution in [-0.2, 0) is 6.42 Å². The van der Waals surface area contributed by atoms with E-state index in [1.54, 1.807) is 5.56 Å². The van der Waals surface area contributed by atoms with E-state index in [9.17, 15) is 0 Å². The average Bonchev–Trinajstić information content (AvgIpc) is 2.17. The van der Waals surface area contributed by atoms with Crippen LogP contribution in [0.5, 0.6) is 0 Å². The highest BCUT2D eigenvalue weighted by atomic mass is 14.1. The fourth-order valence-corrected chi connectivity index (χ4v) is 2.03. The SMILES string of the molecule is CCCc1cc(C(C)C)ccc1C(C)C. The van der Waals surface area contributed by atoms with Gasteiger partial charge in [0.15, 0.2) is 0 Å². The number of rotatable bonds is 4. The van der Waals surface area contributed by atoms with Crippen LogP contribution in [0.4, 0.5) is 0 Å². The minimum Gasteiger partial charge on any atom is -0.0651 e. The number of aryl methyl sites for hydroxylation is 1. The summed E-state index contributed by atoms with van der Waals surface area (Å²) in [4.78, 5) is 0. The first kappa shape index (κ1) is 12.3. The highest BCUT2D eigenvalue weighted by Crippen LogP contribution is 2.25. The predicted octanol–water partition coefficient (Wildman–Crippen LogP) is 4.89. The molecule has 0 bridgehead atoms. The van der Waals surface area contributed by atoms with Crippen LogP contribution in [-0.4, -0.2) is 0 Å². The highest BCUT2D eigenvalue weighted by molar-refractivity contribution is 5.35. The van der Waals surface area contributed by atoms with Gasteiger partial charge in [-0.05, 0) is 34.9 Å². The molecule has 0 heterocycles. The lowest BCUT2D eigenvalue weighted by molar-refractivity contribution is 0.805. The van der Waals surface area contributed by atoms with Crippen LogP contribution in [0, 0.1) is 0 Å². The molecule has 0 nitrogen and oxygen atoms in total. The molecule has 0 aliphatic rings. The summed E-state index contributed by atoms with van der Waals surface area (Å²) in [6, 6.07) is 7.02. The van der Waals surface area contributed by atoms with Crippen molar-refractivity contribution in [2.75, 3.05) is 0 Å². The Labute approximate surface area is 94.7 Å². The lowest BCUT2D eigenvalue weighted by atomic mass is 9.90. The summed E-state index contributed by atoms with van der Waals surface area (Å²) in [7, 11) is 0. The molecular weight excluding hydrogens is 180 g/mol. The van der Waals surface area contributed by atoms with Crippen molar-refractivity contribution >= 4 is 0 Å². The zero-order valence-corrected chi connectivity index (χ0v) is 10.8. The first-order chi connectivity index (χ1) is 7.06. The number of hydrogen-bond acceptors (Lipinski definition) is 0. The molecule has 0 unspecified atom stereocenters. The lowest BCUT2D eigenvalue weighted by Gasteiger charge is -2.15. The standard InChI is InChI=1S/C15H24/c1-6-7-14-10-13(11(2)3)8-9-15(14)12(4)5/h8-12H,6-7H2,1-5H3. The molecule has 15 heavy (non-hydrogen) atoms. The molecule has 0 heteroatoms. The molecule has 0 aliphatic heterocycles. The van der Waals surface area contributed by atoms with E-state index in [1.165, 1.54) is 24.0 Å². The van der Waals surface area contributed by atoms with Crippen LogP contribution in [0.3, 0.4) is 0 Å². The van der Waals surface area contributed by atoms with Crippen molar-refractivity contribution in [3.63, 3.8) is 0 Å². The molecule has 0 radical (unpaired) electrons. The van der Waals surface area contributed by atoms with Gasteiger partial charge in [0.2, 0.25) is 0 Å². The fourth-order valence-electron chi connectivity index (χ4n) is 2.03. The van der Waals surface area contributed by atoms with Crippen molar-refractivity contribution in [3.8, 4) is 0 Å². The van der Waals surface area contributed by atoms with Gasteiger partial charge in [-0.3, -0.25) is 0 Å². The molecule has 1 rings (SSSR count). The minimum absolute atomic E-state index is 0.641. The van der Waals surface area contributed by atoms with Crippen LogP contribution in [0.1, 0.15) is 69.6 Å². The van der Waals surface area contributed by atoms with Crippen molar-refractivity contribution in [1.29, 1.82) is 0 Å². The van der Waals surface area contributed by atoms with Crippen molar-refractivity contribution in [2.45, 2.75) is 59.3 Å². The van der Waals surface area contributed by atoms with Crippen LogP contribution in [0.2, 0.25) is 0 Å². The summed E-state index contributed by atoms with van der Waals surface area (Å²) in [5, 5.41) is 0. The molecular formula is C15H24. The first-order valence-corrected chi connectivity index (χ1v) is 6.19.